The second kappa shape index (κ2) is 11.1. The van der Waals surface area contributed by atoms with Gasteiger partial charge < -0.3 is 4.42 Å². The molecule has 0 fully saturated rings. The van der Waals surface area contributed by atoms with Crippen molar-refractivity contribution in [2.45, 2.75) is 0 Å². The molecule has 0 amide bonds. The molecule has 1 aromatic heterocycles. The summed E-state index contributed by atoms with van der Waals surface area (Å²) in [5, 5.41) is 9.77. The summed E-state index contributed by atoms with van der Waals surface area (Å²) in [5.74, 6) is 0. The van der Waals surface area contributed by atoms with E-state index in [1.807, 2.05) is 6.07 Å². The molecule has 0 N–H and O–H groups in total. The third-order valence-corrected chi connectivity index (χ3v) is 10.1. The molecule has 0 saturated heterocycles. The minimum Gasteiger partial charge on any atom is -0.456 e. The van der Waals surface area contributed by atoms with Crippen LogP contribution in [0.25, 0.3) is 98.8 Å². The standard InChI is InChI=1S/C48H30O/c1-2-13-34-30-35(29-24-31(34)12-1)37-15-4-3-14-36(37)32-25-27-33(28-26-32)46-38-16-5-7-18-40(38)47(41-19-8-6-17-39(41)46)43-21-11-23-45-48(43)42-20-9-10-22-44(42)49-45/h1-30H. The van der Waals surface area contributed by atoms with Gasteiger partial charge >= 0.3 is 0 Å². The highest BCUT2D eigenvalue weighted by Crippen LogP contribution is 2.47. The lowest BCUT2D eigenvalue weighted by molar-refractivity contribution is 0.669. The summed E-state index contributed by atoms with van der Waals surface area (Å²) >= 11 is 0. The Kier molecular flexibility index (Phi) is 6.25. The third kappa shape index (κ3) is 4.40. The van der Waals surface area contributed by atoms with Crippen LogP contribution in [-0.4, -0.2) is 0 Å². The molecular weight excluding hydrogens is 593 g/mol. The van der Waals surface area contributed by atoms with Crippen molar-refractivity contribution in [3.05, 3.63) is 182 Å². The molecule has 1 heterocycles. The van der Waals surface area contributed by atoms with Crippen LogP contribution < -0.4 is 0 Å². The van der Waals surface area contributed by atoms with E-state index < -0.39 is 0 Å². The van der Waals surface area contributed by atoms with Crippen molar-refractivity contribution in [2.75, 3.05) is 0 Å². The van der Waals surface area contributed by atoms with Crippen molar-refractivity contribution in [1.29, 1.82) is 0 Å². The van der Waals surface area contributed by atoms with Crippen molar-refractivity contribution < 1.29 is 4.42 Å². The highest BCUT2D eigenvalue weighted by atomic mass is 16.3. The molecule has 0 atom stereocenters. The molecule has 0 saturated carbocycles. The van der Waals surface area contributed by atoms with Gasteiger partial charge in [0.25, 0.3) is 0 Å². The SMILES string of the molecule is c1ccc(-c2ccc3ccccc3c2)c(-c2ccc(-c3c4ccccc4c(-c4cccc5oc6ccccc6c45)c4ccccc34)cc2)c1. The summed E-state index contributed by atoms with van der Waals surface area (Å²) in [7, 11) is 0. The molecule has 0 aliphatic heterocycles. The van der Waals surface area contributed by atoms with E-state index >= 15 is 0 Å². The Hall–Kier alpha value is -6.44. The minimum absolute atomic E-state index is 0.912. The zero-order chi connectivity index (χ0) is 32.3. The Morgan fingerprint density at radius 3 is 1.49 bits per heavy atom. The molecule has 10 rings (SSSR count). The molecule has 9 aromatic carbocycles. The fourth-order valence-electron chi connectivity index (χ4n) is 7.87. The van der Waals surface area contributed by atoms with Gasteiger partial charge in [-0.1, -0.05) is 164 Å². The van der Waals surface area contributed by atoms with Crippen LogP contribution in [0.2, 0.25) is 0 Å². The summed E-state index contributed by atoms with van der Waals surface area (Å²) in [4.78, 5) is 0. The molecule has 0 aliphatic carbocycles. The average Bonchev–Trinajstić information content (AvgIpc) is 3.56. The molecule has 1 nitrogen and oxygen atoms in total. The topological polar surface area (TPSA) is 13.1 Å². The summed E-state index contributed by atoms with van der Waals surface area (Å²) in [6, 6.07) is 65.8. The first-order valence-electron chi connectivity index (χ1n) is 16.8. The van der Waals surface area contributed by atoms with Crippen LogP contribution in [-0.2, 0) is 0 Å². The van der Waals surface area contributed by atoms with Crippen molar-refractivity contribution in [2.24, 2.45) is 0 Å². The van der Waals surface area contributed by atoms with E-state index in [1.54, 1.807) is 0 Å². The van der Waals surface area contributed by atoms with Crippen molar-refractivity contribution in [3.63, 3.8) is 0 Å². The van der Waals surface area contributed by atoms with Crippen LogP contribution in [0.5, 0.6) is 0 Å². The van der Waals surface area contributed by atoms with Crippen LogP contribution in [0.1, 0.15) is 0 Å². The Bertz CT molecular complexity index is 2810. The molecule has 0 radical (unpaired) electrons. The lowest BCUT2D eigenvalue weighted by Gasteiger charge is -2.18. The monoisotopic (exact) mass is 622 g/mol. The van der Waals surface area contributed by atoms with Gasteiger partial charge in [-0.25, -0.2) is 0 Å². The lowest BCUT2D eigenvalue weighted by Crippen LogP contribution is -1.91. The van der Waals surface area contributed by atoms with E-state index in [0.29, 0.717) is 0 Å². The summed E-state index contributed by atoms with van der Waals surface area (Å²) < 4.78 is 6.33. The zero-order valence-electron chi connectivity index (χ0n) is 26.7. The van der Waals surface area contributed by atoms with Crippen molar-refractivity contribution in [1.82, 2.24) is 0 Å². The third-order valence-electron chi connectivity index (χ3n) is 10.1. The molecule has 0 bridgehead atoms. The predicted octanol–water partition coefficient (Wildman–Crippen LogP) is 13.7. The molecule has 49 heavy (non-hydrogen) atoms. The van der Waals surface area contributed by atoms with E-state index in [-0.39, 0.29) is 0 Å². The molecule has 1 heteroatoms. The lowest BCUT2D eigenvalue weighted by atomic mass is 9.84. The number of fused-ring (bicyclic) bond motifs is 6. The summed E-state index contributed by atoms with van der Waals surface area (Å²) in [6.45, 7) is 0. The Balaban J connectivity index is 1.16. The molecule has 0 spiro atoms. The van der Waals surface area contributed by atoms with Gasteiger partial charge in [-0.15, -0.1) is 0 Å². The maximum atomic E-state index is 6.33. The smallest absolute Gasteiger partial charge is 0.136 e. The number of furan rings is 1. The first-order chi connectivity index (χ1) is 24.3. The quantitative estimate of drug-likeness (QED) is 0.178. The molecule has 0 aliphatic rings. The first kappa shape index (κ1) is 27.7. The van der Waals surface area contributed by atoms with Gasteiger partial charge in [0.2, 0.25) is 0 Å². The van der Waals surface area contributed by atoms with Crippen LogP contribution in [0.4, 0.5) is 0 Å². The van der Waals surface area contributed by atoms with E-state index in [1.165, 1.54) is 76.8 Å². The van der Waals surface area contributed by atoms with E-state index in [4.69, 9.17) is 4.42 Å². The molecule has 228 valence electrons. The van der Waals surface area contributed by atoms with Crippen molar-refractivity contribution >= 4 is 54.3 Å². The maximum Gasteiger partial charge on any atom is 0.136 e. The minimum atomic E-state index is 0.912. The number of rotatable bonds is 4. The fourth-order valence-corrected chi connectivity index (χ4v) is 7.87. The molecule has 10 aromatic rings. The van der Waals surface area contributed by atoms with E-state index in [0.717, 1.165) is 21.9 Å². The summed E-state index contributed by atoms with van der Waals surface area (Å²) in [5.41, 5.74) is 11.6. The fraction of sp³-hybridized carbons (Fsp3) is 0. The van der Waals surface area contributed by atoms with Gasteiger partial charge in [-0.05, 0) is 95.0 Å². The maximum absolute atomic E-state index is 6.33. The predicted molar refractivity (Wildman–Crippen MR) is 208 cm³/mol. The number of hydrogen-bond acceptors (Lipinski definition) is 1. The number of hydrogen-bond donors (Lipinski definition) is 0. The Morgan fingerprint density at radius 1 is 0.286 bits per heavy atom. The van der Waals surface area contributed by atoms with Crippen LogP contribution in [0.3, 0.4) is 0 Å². The molecular formula is C48H30O. The van der Waals surface area contributed by atoms with E-state index in [2.05, 4.69) is 176 Å². The normalized spacial score (nSPS) is 11.7. The Morgan fingerprint density at radius 2 is 0.776 bits per heavy atom. The highest BCUT2D eigenvalue weighted by molar-refractivity contribution is 6.25. The van der Waals surface area contributed by atoms with Crippen LogP contribution in [0.15, 0.2) is 186 Å². The largest absolute Gasteiger partial charge is 0.456 e. The number of para-hydroxylation sites is 1. The van der Waals surface area contributed by atoms with Gasteiger partial charge in [0.1, 0.15) is 11.2 Å². The Labute approximate surface area is 284 Å². The van der Waals surface area contributed by atoms with Gasteiger partial charge in [0, 0.05) is 10.8 Å². The summed E-state index contributed by atoms with van der Waals surface area (Å²) in [6.07, 6.45) is 0. The molecule has 0 unspecified atom stereocenters. The van der Waals surface area contributed by atoms with E-state index in [9.17, 15) is 0 Å². The van der Waals surface area contributed by atoms with Gasteiger partial charge in [0.15, 0.2) is 0 Å². The van der Waals surface area contributed by atoms with Gasteiger partial charge in [-0.2, -0.15) is 0 Å². The van der Waals surface area contributed by atoms with Crippen LogP contribution >= 0.6 is 0 Å². The van der Waals surface area contributed by atoms with Crippen LogP contribution in [0, 0.1) is 0 Å². The zero-order valence-corrected chi connectivity index (χ0v) is 26.7. The van der Waals surface area contributed by atoms with Gasteiger partial charge in [0.05, 0.1) is 0 Å². The second-order valence-corrected chi connectivity index (χ2v) is 12.8. The number of benzene rings is 9. The average molecular weight is 623 g/mol. The second-order valence-electron chi connectivity index (χ2n) is 12.8. The van der Waals surface area contributed by atoms with Gasteiger partial charge in [-0.3, -0.25) is 0 Å². The highest BCUT2D eigenvalue weighted by Gasteiger charge is 2.20. The van der Waals surface area contributed by atoms with Crippen molar-refractivity contribution in [3.8, 4) is 44.5 Å². The first-order valence-corrected chi connectivity index (χ1v) is 16.8.